The molecular formula is C44H28N4S. The average Bonchev–Trinajstić information content (AvgIpc) is 3.57. The maximum atomic E-state index is 5.30. The minimum absolute atomic E-state index is 0.676. The van der Waals surface area contributed by atoms with Crippen molar-refractivity contribution in [2.24, 2.45) is 0 Å². The molecule has 9 aromatic rings. The van der Waals surface area contributed by atoms with Crippen molar-refractivity contribution in [3.63, 3.8) is 0 Å². The lowest BCUT2D eigenvalue weighted by molar-refractivity contribution is 1.18. The van der Waals surface area contributed by atoms with Crippen LogP contribution in [-0.4, -0.2) is 19.9 Å². The summed E-state index contributed by atoms with van der Waals surface area (Å²) in [6.07, 6.45) is 0. The van der Waals surface area contributed by atoms with Gasteiger partial charge >= 0.3 is 0 Å². The molecule has 5 heteroatoms. The molecule has 49 heavy (non-hydrogen) atoms. The van der Waals surface area contributed by atoms with E-state index in [0.29, 0.717) is 11.6 Å². The molecule has 0 spiro atoms. The third-order valence-electron chi connectivity index (χ3n) is 8.69. The fourth-order valence-corrected chi connectivity index (χ4v) is 7.44. The van der Waals surface area contributed by atoms with Crippen LogP contribution in [-0.2, 0) is 0 Å². The van der Waals surface area contributed by atoms with Crippen molar-refractivity contribution in [3.05, 3.63) is 170 Å². The summed E-state index contributed by atoms with van der Waals surface area (Å²) in [6, 6.07) is 58.5. The van der Waals surface area contributed by atoms with Crippen LogP contribution in [0.1, 0.15) is 0 Å². The van der Waals surface area contributed by atoms with Crippen molar-refractivity contribution >= 4 is 31.6 Å². The molecule has 3 heterocycles. The number of hydrogen-bond acceptors (Lipinski definition) is 5. The van der Waals surface area contributed by atoms with Crippen LogP contribution in [0.25, 0.3) is 88.0 Å². The van der Waals surface area contributed by atoms with Gasteiger partial charge in [0.2, 0.25) is 0 Å². The highest BCUT2D eigenvalue weighted by molar-refractivity contribution is 7.26. The molecule has 4 nitrogen and oxygen atoms in total. The Balaban J connectivity index is 1.31. The summed E-state index contributed by atoms with van der Waals surface area (Å²) in [5, 5.41) is 1.14. The Morgan fingerprint density at radius 2 is 0.857 bits per heavy atom. The molecule has 230 valence electrons. The molecule has 0 unspecified atom stereocenters. The van der Waals surface area contributed by atoms with Crippen molar-refractivity contribution in [3.8, 4) is 67.7 Å². The lowest BCUT2D eigenvalue weighted by atomic mass is 9.97. The minimum Gasteiger partial charge on any atom is -0.228 e. The first-order valence-corrected chi connectivity index (χ1v) is 17.0. The standard InChI is InChI=1S/C44H28N4S/c1-5-15-29(16-6-1)33-25-34(38-28-37(30-17-7-2-8-18-30)45-43(46-38)32-21-11-4-12-22-32)27-35(26-33)44-47-40(31-19-9-3-10-20-31)42-41(48-44)36-23-13-14-24-39(36)49-42/h1-28H. The van der Waals surface area contributed by atoms with Gasteiger partial charge in [0.05, 0.1) is 27.3 Å². The summed E-state index contributed by atoms with van der Waals surface area (Å²) in [7, 11) is 0. The van der Waals surface area contributed by atoms with Crippen molar-refractivity contribution < 1.29 is 0 Å². The molecule has 9 rings (SSSR count). The second-order valence-corrected chi connectivity index (χ2v) is 12.9. The number of rotatable bonds is 6. The van der Waals surface area contributed by atoms with E-state index >= 15 is 0 Å². The summed E-state index contributed by atoms with van der Waals surface area (Å²) in [5.74, 6) is 1.35. The molecule has 0 aliphatic heterocycles. The van der Waals surface area contributed by atoms with Gasteiger partial charge in [-0.1, -0.05) is 140 Å². The lowest BCUT2D eigenvalue weighted by Crippen LogP contribution is -1.98. The fraction of sp³-hybridized carbons (Fsp3) is 0. The number of benzene rings is 6. The Labute approximate surface area is 288 Å². The molecule has 0 aliphatic rings. The van der Waals surface area contributed by atoms with Crippen LogP contribution in [0.3, 0.4) is 0 Å². The quantitative estimate of drug-likeness (QED) is 0.181. The Hall–Kier alpha value is -6.30. The zero-order valence-electron chi connectivity index (χ0n) is 26.4. The summed E-state index contributed by atoms with van der Waals surface area (Å²) in [6.45, 7) is 0. The summed E-state index contributed by atoms with van der Waals surface area (Å²) in [5.41, 5.74) is 10.7. The molecule has 0 aliphatic carbocycles. The van der Waals surface area contributed by atoms with E-state index in [1.165, 1.54) is 4.70 Å². The SMILES string of the molecule is c1ccc(-c2cc(-c3cc(-c4ccccc4)nc(-c4ccccc4)n3)cc(-c3nc(-c4ccccc4)c4sc5ccccc5c4n3)c2)cc1. The van der Waals surface area contributed by atoms with Crippen LogP contribution in [0.4, 0.5) is 0 Å². The van der Waals surface area contributed by atoms with Gasteiger partial charge in [0.15, 0.2) is 11.6 Å². The molecule has 0 amide bonds. The summed E-state index contributed by atoms with van der Waals surface area (Å²) >= 11 is 1.74. The smallest absolute Gasteiger partial charge is 0.160 e. The van der Waals surface area contributed by atoms with Crippen LogP contribution < -0.4 is 0 Å². The molecular weight excluding hydrogens is 617 g/mol. The number of hydrogen-bond donors (Lipinski definition) is 0. The molecule has 0 atom stereocenters. The van der Waals surface area contributed by atoms with E-state index in [1.54, 1.807) is 11.3 Å². The highest BCUT2D eigenvalue weighted by Crippen LogP contribution is 2.40. The Morgan fingerprint density at radius 3 is 1.55 bits per heavy atom. The first kappa shape index (κ1) is 28.9. The predicted octanol–water partition coefficient (Wildman–Crippen LogP) is 11.6. The maximum absolute atomic E-state index is 5.30. The van der Waals surface area contributed by atoms with Crippen LogP contribution in [0.2, 0.25) is 0 Å². The molecule has 6 aromatic carbocycles. The van der Waals surface area contributed by atoms with Crippen molar-refractivity contribution in [1.29, 1.82) is 0 Å². The molecule has 0 bridgehead atoms. The van der Waals surface area contributed by atoms with Gasteiger partial charge in [0.25, 0.3) is 0 Å². The molecule has 3 aromatic heterocycles. The van der Waals surface area contributed by atoms with E-state index < -0.39 is 0 Å². The minimum atomic E-state index is 0.676. The second-order valence-electron chi connectivity index (χ2n) is 11.9. The van der Waals surface area contributed by atoms with Gasteiger partial charge < -0.3 is 0 Å². The Morgan fingerprint density at radius 1 is 0.347 bits per heavy atom. The molecule has 0 radical (unpaired) electrons. The third-order valence-corrected chi connectivity index (χ3v) is 9.86. The zero-order chi connectivity index (χ0) is 32.6. The molecule has 0 fully saturated rings. The van der Waals surface area contributed by atoms with Crippen LogP contribution in [0.15, 0.2) is 170 Å². The van der Waals surface area contributed by atoms with Gasteiger partial charge in [-0.05, 0) is 41.5 Å². The number of fused-ring (bicyclic) bond motifs is 3. The van der Waals surface area contributed by atoms with Gasteiger partial charge in [-0.2, -0.15) is 0 Å². The summed E-state index contributed by atoms with van der Waals surface area (Å²) < 4.78 is 2.29. The van der Waals surface area contributed by atoms with Gasteiger partial charge in [-0.3, -0.25) is 0 Å². The van der Waals surface area contributed by atoms with Gasteiger partial charge in [0, 0.05) is 37.9 Å². The third kappa shape index (κ3) is 5.56. The van der Waals surface area contributed by atoms with E-state index in [4.69, 9.17) is 19.9 Å². The first-order valence-electron chi connectivity index (χ1n) is 16.2. The van der Waals surface area contributed by atoms with E-state index in [0.717, 1.165) is 71.6 Å². The van der Waals surface area contributed by atoms with Gasteiger partial charge in [0.1, 0.15) is 0 Å². The molecule has 0 saturated carbocycles. The topological polar surface area (TPSA) is 51.6 Å². The zero-order valence-corrected chi connectivity index (χ0v) is 27.2. The largest absolute Gasteiger partial charge is 0.228 e. The molecule has 0 saturated heterocycles. The van der Waals surface area contributed by atoms with Crippen LogP contribution in [0, 0.1) is 0 Å². The Bertz CT molecular complexity index is 2530. The maximum Gasteiger partial charge on any atom is 0.160 e. The van der Waals surface area contributed by atoms with E-state index in [9.17, 15) is 0 Å². The summed E-state index contributed by atoms with van der Waals surface area (Å²) in [4.78, 5) is 20.8. The van der Waals surface area contributed by atoms with Crippen molar-refractivity contribution in [1.82, 2.24) is 19.9 Å². The highest BCUT2D eigenvalue weighted by atomic mass is 32.1. The average molecular weight is 645 g/mol. The molecule has 0 N–H and O–H groups in total. The predicted molar refractivity (Wildman–Crippen MR) is 203 cm³/mol. The van der Waals surface area contributed by atoms with Gasteiger partial charge in [-0.15, -0.1) is 11.3 Å². The van der Waals surface area contributed by atoms with Crippen molar-refractivity contribution in [2.75, 3.05) is 0 Å². The van der Waals surface area contributed by atoms with Crippen molar-refractivity contribution in [2.45, 2.75) is 0 Å². The fourth-order valence-electron chi connectivity index (χ4n) is 6.28. The lowest BCUT2D eigenvalue weighted by Gasteiger charge is -2.13. The number of thiophene rings is 1. The van der Waals surface area contributed by atoms with E-state index in [2.05, 4.69) is 121 Å². The highest BCUT2D eigenvalue weighted by Gasteiger charge is 2.19. The monoisotopic (exact) mass is 644 g/mol. The van der Waals surface area contributed by atoms with E-state index in [1.807, 2.05) is 48.5 Å². The normalized spacial score (nSPS) is 11.3. The number of aromatic nitrogens is 4. The van der Waals surface area contributed by atoms with Gasteiger partial charge in [-0.25, -0.2) is 19.9 Å². The van der Waals surface area contributed by atoms with Crippen LogP contribution >= 0.6 is 11.3 Å². The van der Waals surface area contributed by atoms with E-state index in [-0.39, 0.29) is 0 Å². The van der Waals surface area contributed by atoms with Crippen LogP contribution in [0.5, 0.6) is 0 Å². The first-order chi connectivity index (χ1) is 24.3. The number of nitrogens with zero attached hydrogens (tertiary/aromatic N) is 4. The Kier molecular flexibility index (Phi) is 7.30. The second kappa shape index (κ2) is 12.4.